The van der Waals surface area contributed by atoms with Crippen LogP contribution in [0.5, 0.6) is 0 Å². The van der Waals surface area contributed by atoms with Crippen molar-refractivity contribution in [3.8, 4) is 0 Å². The second-order valence-corrected chi connectivity index (χ2v) is 4.77. The number of amides is 1. The second-order valence-electron chi connectivity index (χ2n) is 4.77. The van der Waals surface area contributed by atoms with Crippen LogP contribution >= 0.6 is 0 Å². The van der Waals surface area contributed by atoms with Crippen molar-refractivity contribution < 1.29 is 9.90 Å². The number of benzene rings is 1. The van der Waals surface area contributed by atoms with Gasteiger partial charge in [0.25, 0.3) is 0 Å². The maximum absolute atomic E-state index is 12.0. The van der Waals surface area contributed by atoms with Crippen molar-refractivity contribution in [2.45, 2.75) is 19.4 Å². The Morgan fingerprint density at radius 2 is 2.26 bits per heavy atom. The number of carbonyl (C=O) groups is 1. The lowest BCUT2D eigenvalue weighted by Crippen LogP contribution is -2.40. The van der Waals surface area contributed by atoms with Crippen molar-refractivity contribution in [3.05, 3.63) is 24.3 Å². The summed E-state index contributed by atoms with van der Waals surface area (Å²) in [7, 11) is 0. The fourth-order valence-corrected chi connectivity index (χ4v) is 2.39. The van der Waals surface area contributed by atoms with Gasteiger partial charge in [0.2, 0.25) is 11.9 Å². The van der Waals surface area contributed by atoms with Crippen molar-refractivity contribution >= 4 is 28.7 Å². The van der Waals surface area contributed by atoms with Crippen molar-refractivity contribution in [1.82, 2.24) is 9.55 Å². The van der Waals surface area contributed by atoms with Gasteiger partial charge in [-0.15, -0.1) is 0 Å². The van der Waals surface area contributed by atoms with E-state index in [0.717, 1.165) is 11.0 Å². The molecule has 1 aliphatic rings. The number of aliphatic hydroxyl groups excluding tert-OH is 1. The first kappa shape index (κ1) is 11.9. The first-order valence-corrected chi connectivity index (χ1v) is 6.13. The van der Waals surface area contributed by atoms with E-state index >= 15 is 0 Å². The lowest BCUT2D eigenvalue weighted by molar-refractivity contribution is -0.119. The molecule has 0 bridgehead atoms. The average molecular weight is 258 g/mol. The molecule has 19 heavy (non-hydrogen) atoms. The zero-order valence-electron chi connectivity index (χ0n) is 10.4. The molecule has 3 N–H and O–H groups in total. The molecule has 2 atom stereocenters. The normalized spacial score (nSPS) is 20.2. The molecule has 0 saturated carbocycles. The number of imidazole rings is 1. The lowest BCUT2D eigenvalue weighted by Gasteiger charge is -2.25. The third-order valence-electron chi connectivity index (χ3n) is 3.26. The number of nitrogens with one attached hydrogen (secondary N) is 2. The monoisotopic (exact) mass is 258 g/mol. The number of hydrogen-bond donors (Lipinski definition) is 3. The Bertz CT molecular complexity index is 674. The Morgan fingerprint density at radius 3 is 3.00 bits per heavy atom. The first-order valence-electron chi connectivity index (χ1n) is 6.13. The van der Waals surface area contributed by atoms with Crippen LogP contribution in [0.3, 0.4) is 0 Å². The van der Waals surface area contributed by atoms with Gasteiger partial charge in [-0.05, 0) is 25.5 Å². The van der Waals surface area contributed by atoms with Gasteiger partial charge in [-0.2, -0.15) is 0 Å². The summed E-state index contributed by atoms with van der Waals surface area (Å²) in [5.41, 5.74) is 1.53. The molecular formula is C13H14N4O2. The van der Waals surface area contributed by atoms with E-state index in [0.29, 0.717) is 5.95 Å². The van der Waals surface area contributed by atoms with Gasteiger partial charge in [0.1, 0.15) is 5.84 Å². The fourth-order valence-electron chi connectivity index (χ4n) is 2.39. The molecule has 0 spiro atoms. The van der Waals surface area contributed by atoms with Gasteiger partial charge in [0.15, 0.2) is 0 Å². The Kier molecular flexibility index (Phi) is 2.60. The quantitative estimate of drug-likeness (QED) is 0.756. The lowest BCUT2D eigenvalue weighted by atomic mass is 9.98. The van der Waals surface area contributed by atoms with Crippen molar-refractivity contribution in [1.29, 1.82) is 5.41 Å². The SMILES string of the molecule is CC(O)CC1C(=N)n2c(nc3ccccc32)NC1=O. The first-order chi connectivity index (χ1) is 9.08. The second kappa shape index (κ2) is 4.17. The summed E-state index contributed by atoms with van der Waals surface area (Å²) in [6.45, 7) is 1.61. The summed E-state index contributed by atoms with van der Waals surface area (Å²) < 4.78 is 1.63. The highest BCUT2D eigenvalue weighted by atomic mass is 16.3. The molecule has 6 heteroatoms. The molecule has 2 aromatic rings. The van der Waals surface area contributed by atoms with E-state index in [9.17, 15) is 9.90 Å². The van der Waals surface area contributed by atoms with Crippen LogP contribution in [0.25, 0.3) is 11.0 Å². The minimum absolute atomic E-state index is 0.161. The van der Waals surface area contributed by atoms with Gasteiger partial charge in [-0.25, -0.2) is 4.98 Å². The number of carbonyl (C=O) groups excluding carboxylic acids is 1. The third kappa shape index (κ3) is 1.80. The molecule has 1 aliphatic heterocycles. The molecule has 0 aliphatic carbocycles. The summed E-state index contributed by atoms with van der Waals surface area (Å²) in [6, 6.07) is 7.42. The smallest absolute Gasteiger partial charge is 0.237 e. The zero-order valence-corrected chi connectivity index (χ0v) is 10.4. The predicted molar refractivity (Wildman–Crippen MR) is 71.3 cm³/mol. The van der Waals surface area contributed by atoms with Crippen LogP contribution < -0.4 is 5.32 Å². The Hall–Kier alpha value is -2.21. The molecule has 0 fully saturated rings. The van der Waals surface area contributed by atoms with Gasteiger partial charge in [-0.3, -0.25) is 20.1 Å². The molecule has 1 aromatic heterocycles. The maximum atomic E-state index is 12.0. The molecule has 0 radical (unpaired) electrons. The van der Waals surface area contributed by atoms with E-state index in [1.165, 1.54) is 0 Å². The molecule has 1 aromatic carbocycles. The van der Waals surface area contributed by atoms with E-state index in [-0.39, 0.29) is 18.2 Å². The number of aliphatic hydroxyl groups is 1. The number of anilines is 1. The zero-order chi connectivity index (χ0) is 13.6. The number of fused-ring (bicyclic) bond motifs is 3. The van der Waals surface area contributed by atoms with Crippen LogP contribution in [-0.2, 0) is 4.79 Å². The average Bonchev–Trinajstić information content (AvgIpc) is 2.72. The molecule has 1 amide bonds. The van der Waals surface area contributed by atoms with Gasteiger partial charge >= 0.3 is 0 Å². The highest BCUT2D eigenvalue weighted by Crippen LogP contribution is 2.27. The predicted octanol–water partition coefficient (Wildman–Crippen LogP) is 1.20. The van der Waals surface area contributed by atoms with Crippen molar-refractivity contribution in [2.24, 2.45) is 5.92 Å². The minimum atomic E-state index is -0.648. The number of aromatic nitrogens is 2. The van der Waals surface area contributed by atoms with E-state index in [2.05, 4.69) is 10.3 Å². The standard InChI is InChI=1S/C13H14N4O2/c1-7(18)6-8-11(14)17-10-5-3-2-4-9(10)15-13(17)16-12(8)19/h2-5,7-8,14,18H,6H2,1H3,(H,15,16,19). The van der Waals surface area contributed by atoms with Crippen LogP contribution in [0.15, 0.2) is 24.3 Å². The van der Waals surface area contributed by atoms with Crippen molar-refractivity contribution in [2.75, 3.05) is 5.32 Å². The number of para-hydroxylation sites is 2. The largest absolute Gasteiger partial charge is 0.393 e. The highest BCUT2D eigenvalue weighted by Gasteiger charge is 2.34. The topological polar surface area (TPSA) is 91.0 Å². The molecule has 6 nitrogen and oxygen atoms in total. The van der Waals surface area contributed by atoms with Gasteiger partial charge in [-0.1, -0.05) is 12.1 Å². The van der Waals surface area contributed by atoms with Crippen LogP contribution in [-0.4, -0.2) is 32.5 Å². The third-order valence-corrected chi connectivity index (χ3v) is 3.26. The minimum Gasteiger partial charge on any atom is -0.393 e. The van der Waals surface area contributed by atoms with Crippen LogP contribution in [0, 0.1) is 11.3 Å². The van der Waals surface area contributed by atoms with Gasteiger partial charge < -0.3 is 5.11 Å². The van der Waals surface area contributed by atoms with Gasteiger partial charge in [0, 0.05) is 0 Å². The number of nitrogens with zero attached hydrogens (tertiary/aromatic N) is 2. The molecule has 0 saturated heterocycles. The molecular weight excluding hydrogens is 244 g/mol. The molecule has 2 unspecified atom stereocenters. The highest BCUT2D eigenvalue weighted by molar-refractivity contribution is 6.14. The van der Waals surface area contributed by atoms with E-state index in [4.69, 9.17) is 5.41 Å². The molecule has 2 heterocycles. The summed E-state index contributed by atoms with van der Waals surface area (Å²) >= 11 is 0. The van der Waals surface area contributed by atoms with Crippen LogP contribution in [0.1, 0.15) is 13.3 Å². The van der Waals surface area contributed by atoms with E-state index in [1.807, 2.05) is 24.3 Å². The van der Waals surface area contributed by atoms with Crippen molar-refractivity contribution in [3.63, 3.8) is 0 Å². The molecule has 3 rings (SSSR count). The summed E-state index contributed by atoms with van der Waals surface area (Å²) in [6.07, 6.45) is -0.399. The number of rotatable bonds is 2. The van der Waals surface area contributed by atoms with Crippen LogP contribution in [0.4, 0.5) is 5.95 Å². The van der Waals surface area contributed by atoms with Gasteiger partial charge in [0.05, 0.1) is 23.1 Å². The van der Waals surface area contributed by atoms with E-state index in [1.54, 1.807) is 11.5 Å². The maximum Gasteiger partial charge on any atom is 0.237 e. The Morgan fingerprint density at radius 1 is 1.53 bits per heavy atom. The summed E-state index contributed by atoms with van der Waals surface area (Å²) in [4.78, 5) is 16.3. The fraction of sp³-hybridized carbons (Fsp3) is 0.308. The van der Waals surface area contributed by atoms with E-state index < -0.39 is 12.0 Å². The summed E-state index contributed by atoms with van der Waals surface area (Å²) in [5.74, 6) is -0.398. The number of hydrogen-bond acceptors (Lipinski definition) is 4. The summed E-state index contributed by atoms with van der Waals surface area (Å²) in [5, 5.41) is 20.3. The Labute approximate surface area is 109 Å². The molecule has 98 valence electrons. The Balaban J connectivity index is 2.13. The van der Waals surface area contributed by atoms with Crippen LogP contribution in [0.2, 0.25) is 0 Å².